The highest BCUT2D eigenvalue weighted by atomic mass is 19.4. The molecule has 0 atom stereocenters. The number of nitrogens with zero attached hydrogens (tertiary/aromatic N) is 2. The summed E-state index contributed by atoms with van der Waals surface area (Å²) in [5.74, 6) is 0.0602. The van der Waals surface area contributed by atoms with Crippen LogP contribution in [0.25, 0.3) is 0 Å². The van der Waals surface area contributed by atoms with Crippen LogP contribution in [0.5, 0.6) is 5.75 Å². The van der Waals surface area contributed by atoms with E-state index in [0.717, 1.165) is 17.7 Å². The fourth-order valence-corrected chi connectivity index (χ4v) is 1.98. The molecule has 23 heavy (non-hydrogen) atoms. The van der Waals surface area contributed by atoms with E-state index in [4.69, 9.17) is 15.3 Å². The second-order valence-corrected chi connectivity index (χ2v) is 4.72. The van der Waals surface area contributed by atoms with Gasteiger partial charge in [0.15, 0.2) is 0 Å². The molecule has 0 bridgehead atoms. The molecule has 0 amide bonds. The minimum atomic E-state index is -4.60. The summed E-state index contributed by atoms with van der Waals surface area (Å²) in [5.41, 5.74) is 0.0121. The Labute approximate surface area is 131 Å². The van der Waals surface area contributed by atoms with Gasteiger partial charge >= 0.3 is 6.18 Å². The van der Waals surface area contributed by atoms with Crippen molar-refractivity contribution >= 4 is 0 Å². The molecule has 116 valence electrons. The third-order valence-corrected chi connectivity index (χ3v) is 3.16. The number of rotatable bonds is 4. The Balaban J connectivity index is 2.03. The lowest BCUT2D eigenvalue weighted by atomic mass is 10.1. The molecule has 0 aliphatic rings. The van der Waals surface area contributed by atoms with Gasteiger partial charge in [-0.05, 0) is 35.9 Å². The van der Waals surface area contributed by atoms with Crippen LogP contribution in [0.4, 0.5) is 13.2 Å². The number of hydrogen-bond acceptors (Lipinski definition) is 3. The zero-order valence-corrected chi connectivity index (χ0v) is 11.9. The topological polar surface area (TPSA) is 56.8 Å². The fourth-order valence-electron chi connectivity index (χ4n) is 1.98. The molecule has 6 heteroatoms. The van der Waals surface area contributed by atoms with E-state index in [1.807, 2.05) is 6.07 Å². The van der Waals surface area contributed by atoms with E-state index >= 15 is 0 Å². The second-order valence-electron chi connectivity index (χ2n) is 4.72. The van der Waals surface area contributed by atoms with Gasteiger partial charge in [0.05, 0.1) is 35.4 Å². The molecule has 2 rings (SSSR count). The highest BCUT2D eigenvalue weighted by Crippen LogP contribution is 2.34. The van der Waals surface area contributed by atoms with Crippen LogP contribution < -0.4 is 4.74 Å². The predicted molar refractivity (Wildman–Crippen MR) is 76.5 cm³/mol. The summed E-state index contributed by atoms with van der Waals surface area (Å²) in [6.45, 7) is 0.190. The van der Waals surface area contributed by atoms with Gasteiger partial charge < -0.3 is 4.74 Å². The van der Waals surface area contributed by atoms with E-state index < -0.39 is 17.3 Å². The number of nitriles is 2. The van der Waals surface area contributed by atoms with Gasteiger partial charge in [-0.1, -0.05) is 12.1 Å². The number of ether oxygens (including phenoxy) is 1. The molecule has 0 saturated carbocycles. The standard InChI is InChI=1S/C17H11F3N2O/c18-17(19,20)16-9-15(6-5-14(16)11-22)23-8-7-12-1-3-13(10-21)4-2-12/h1-6,9H,7-8H2. The molecule has 0 fully saturated rings. The second kappa shape index (κ2) is 6.85. The van der Waals surface area contributed by atoms with E-state index in [2.05, 4.69) is 0 Å². The third kappa shape index (κ3) is 4.24. The van der Waals surface area contributed by atoms with Crippen molar-refractivity contribution in [3.05, 3.63) is 64.7 Å². The third-order valence-electron chi connectivity index (χ3n) is 3.16. The average molecular weight is 316 g/mol. The van der Waals surface area contributed by atoms with Gasteiger partial charge in [0.1, 0.15) is 5.75 Å². The molecule has 0 aliphatic carbocycles. The van der Waals surface area contributed by atoms with E-state index in [1.54, 1.807) is 24.3 Å². The van der Waals surface area contributed by atoms with Crippen LogP contribution in [0.15, 0.2) is 42.5 Å². The summed E-state index contributed by atoms with van der Waals surface area (Å²) in [7, 11) is 0. The maximum Gasteiger partial charge on any atom is 0.417 e. The van der Waals surface area contributed by atoms with E-state index in [9.17, 15) is 13.2 Å². The van der Waals surface area contributed by atoms with Gasteiger partial charge in [-0.15, -0.1) is 0 Å². The van der Waals surface area contributed by atoms with Crippen molar-refractivity contribution in [1.82, 2.24) is 0 Å². The zero-order valence-electron chi connectivity index (χ0n) is 11.9. The summed E-state index contributed by atoms with van der Waals surface area (Å²) in [6, 6.07) is 13.7. The van der Waals surface area contributed by atoms with Crippen LogP contribution in [-0.4, -0.2) is 6.61 Å². The summed E-state index contributed by atoms with van der Waals surface area (Å²) >= 11 is 0. The van der Waals surface area contributed by atoms with Crippen molar-refractivity contribution in [3.8, 4) is 17.9 Å². The average Bonchev–Trinajstić information content (AvgIpc) is 2.54. The van der Waals surface area contributed by atoms with Gasteiger partial charge in [-0.2, -0.15) is 23.7 Å². The highest BCUT2D eigenvalue weighted by Gasteiger charge is 2.34. The molecule has 0 saturated heterocycles. The van der Waals surface area contributed by atoms with Gasteiger partial charge in [-0.3, -0.25) is 0 Å². The molecule has 0 aliphatic heterocycles. The summed E-state index contributed by atoms with van der Waals surface area (Å²) in [6.07, 6.45) is -4.11. The summed E-state index contributed by atoms with van der Waals surface area (Å²) in [5, 5.41) is 17.4. The van der Waals surface area contributed by atoms with Gasteiger partial charge in [0.2, 0.25) is 0 Å². The predicted octanol–water partition coefficient (Wildman–Crippen LogP) is 4.07. The normalized spacial score (nSPS) is 10.7. The maximum atomic E-state index is 12.8. The van der Waals surface area contributed by atoms with E-state index in [-0.39, 0.29) is 12.4 Å². The first-order chi connectivity index (χ1) is 10.9. The molecule has 3 nitrogen and oxygen atoms in total. The van der Waals surface area contributed by atoms with E-state index in [1.165, 1.54) is 12.1 Å². The van der Waals surface area contributed by atoms with Crippen LogP contribution in [0.1, 0.15) is 22.3 Å². The number of halogens is 3. The number of alkyl halides is 3. The fraction of sp³-hybridized carbons (Fsp3) is 0.176. The number of benzene rings is 2. The summed E-state index contributed by atoms with van der Waals surface area (Å²) in [4.78, 5) is 0. The lowest BCUT2D eigenvalue weighted by molar-refractivity contribution is -0.137. The molecular weight excluding hydrogens is 305 g/mol. The van der Waals surface area contributed by atoms with Crippen molar-refractivity contribution < 1.29 is 17.9 Å². The summed E-state index contributed by atoms with van der Waals surface area (Å²) < 4.78 is 43.9. The molecular formula is C17H11F3N2O. The van der Waals surface area contributed by atoms with Gasteiger partial charge in [-0.25, -0.2) is 0 Å². The monoisotopic (exact) mass is 316 g/mol. The lowest BCUT2D eigenvalue weighted by Crippen LogP contribution is -2.09. The Morgan fingerprint density at radius 3 is 2.22 bits per heavy atom. The zero-order chi connectivity index (χ0) is 16.9. The molecule has 0 radical (unpaired) electrons. The Morgan fingerprint density at radius 1 is 0.957 bits per heavy atom. The highest BCUT2D eigenvalue weighted by molar-refractivity contribution is 5.44. The smallest absolute Gasteiger partial charge is 0.417 e. The SMILES string of the molecule is N#Cc1ccc(CCOc2ccc(C#N)c(C(F)(F)F)c2)cc1. The Kier molecular flexibility index (Phi) is 4.88. The van der Waals surface area contributed by atoms with Gasteiger partial charge in [0, 0.05) is 6.42 Å². The van der Waals surface area contributed by atoms with Crippen molar-refractivity contribution in [2.45, 2.75) is 12.6 Å². The quantitative estimate of drug-likeness (QED) is 0.854. The minimum Gasteiger partial charge on any atom is -0.493 e. The first-order valence-electron chi connectivity index (χ1n) is 6.67. The van der Waals surface area contributed by atoms with Crippen LogP contribution in [0.2, 0.25) is 0 Å². The molecule has 0 spiro atoms. The van der Waals surface area contributed by atoms with Crippen LogP contribution in [0.3, 0.4) is 0 Å². The molecule has 0 N–H and O–H groups in total. The van der Waals surface area contributed by atoms with Crippen LogP contribution in [0, 0.1) is 22.7 Å². The number of hydrogen-bond donors (Lipinski definition) is 0. The molecule has 2 aromatic rings. The Bertz CT molecular complexity index is 768. The maximum absolute atomic E-state index is 12.8. The largest absolute Gasteiger partial charge is 0.493 e. The molecule has 2 aromatic carbocycles. The first kappa shape index (κ1) is 16.4. The van der Waals surface area contributed by atoms with Crippen LogP contribution in [-0.2, 0) is 12.6 Å². The molecule has 0 heterocycles. The van der Waals surface area contributed by atoms with Crippen molar-refractivity contribution in [1.29, 1.82) is 10.5 Å². The Morgan fingerprint density at radius 2 is 1.65 bits per heavy atom. The molecule has 0 unspecified atom stereocenters. The van der Waals surface area contributed by atoms with Crippen LogP contribution >= 0.6 is 0 Å². The Hall–Kier alpha value is -2.99. The van der Waals surface area contributed by atoms with Crippen molar-refractivity contribution in [3.63, 3.8) is 0 Å². The first-order valence-corrected chi connectivity index (χ1v) is 6.67. The van der Waals surface area contributed by atoms with Crippen molar-refractivity contribution in [2.24, 2.45) is 0 Å². The van der Waals surface area contributed by atoms with Crippen molar-refractivity contribution in [2.75, 3.05) is 6.61 Å². The van der Waals surface area contributed by atoms with E-state index in [0.29, 0.717) is 12.0 Å². The minimum absolute atomic E-state index is 0.0602. The van der Waals surface area contributed by atoms with Gasteiger partial charge in [0.25, 0.3) is 0 Å². The molecule has 0 aromatic heterocycles. The lowest BCUT2D eigenvalue weighted by Gasteiger charge is -2.12.